The highest BCUT2D eigenvalue weighted by molar-refractivity contribution is 9.10. The number of carbonyl (C=O) groups is 1. The van der Waals surface area contributed by atoms with Crippen molar-refractivity contribution in [1.82, 2.24) is 5.32 Å². The summed E-state index contributed by atoms with van der Waals surface area (Å²) in [6.45, 7) is 0.116. The number of rotatable bonds is 4. The molecule has 0 aliphatic heterocycles. The highest BCUT2D eigenvalue weighted by Gasteiger charge is 2.48. The van der Waals surface area contributed by atoms with Gasteiger partial charge in [-0.1, -0.05) is 15.9 Å². The lowest BCUT2D eigenvalue weighted by atomic mass is 9.54. The molecule has 0 atom stereocenters. The normalized spacial score (nSPS) is 35.4. The van der Waals surface area contributed by atoms with Crippen molar-refractivity contribution >= 4 is 21.8 Å². The fourth-order valence-corrected chi connectivity index (χ4v) is 5.33. The third-order valence-corrected chi connectivity index (χ3v) is 6.27. The molecule has 4 bridgehead atoms. The molecule has 1 aromatic carbocycles. The topological polar surface area (TPSA) is 38.3 Å². The lowest BCUT2D eigenvalue weighted by Crippen LogP contribution is -2.56. The average molecular weight is 364 g/mol. The minimum absolute atomic E-state index is 0.0281. The van der Waals surface area contributed by atoms with Gasteiger partial charge in [0.2, 0.25) is 0 Å². The number of ether oxygens (including phenoxy) is 1. The molecule has 0 unspecified atom stereocenters. The van der Waals surface area contributed by atoms with Crippen LogP contribution in [0.25, 0.3) is 0 Å². The van der Waals surface area contributed by atoms with Gasteiger partial charge in [0.15, 0.2) is 6.61 Å². The molecule has 1 amide bonds. The summed E-state index contributed by atoms with van der Waals surface area (Å²) < 4.78 is 6.60. The van der Waals surface area contributed by atoms with Crippen molar-refractivity contribution in [3.8, 4) is 5.75 Å². The van der Waals surface area contributed by atoms with Crippen LogP contribution in [0.5, 0.6) is 5.75 Å². The van der Waals surface area contributed by atoms with Crippen molar-refractivity contribution in [2.75, 3.05) is 6.61 Å². The molecule has 0 radical (unpaired) electrons. The van der Waals surface area contributed by atoms with Crippen LogP contribution in [0.15, 0.2) is 28.7 Å². The number of carbonyl (C=O) groups excluding carboxylic acids is 1. The van der Waals surface area contributed by atoms with E-state index in [0.29, 0.717) is 17.9 Å². The zero-order valence-electron chi connectivity index (χ0n) is 12.6. The molecule has 4 fully saturated rings. The smallest absolute Gasteiger partial charge is 0.258 e. The molecule has 118 valence electrons. The lowest BCUT2D eigenvalue weighted by molar-refractivity contribution is -0.127. The van der Waals surface area contributed by atoms with Crippen LogP contribution in [0.4, 0.5) is 0 Å². The first-order valence-corrected chi connectivity index (χ1v) is 9.14. The zero-order valence-corrected chi connectivity index (χ0v) is 14.2. The van der Waals surface area contributed by atoms with Gasteiger partial charge in [-0.2, -0.15) is 0 Å². The Morgan fingerprint density at radius 2 is 1.64 bits per heavy atom. The number of nitrogens with one attached hydrogen (secondary N) is 1. The summed E-state index contributed by atoms with van der Waals surface area (Å²) in [4.78, 5) is 12.2. The molecule has 5 rings (SSSR count). The molecule has 4 saturated carbocycles. The van der Waals surface area contributed by atoms with E-state index in [1.807, 2.05) is 24.3 Å². The lowest BCUT2D eigenvalue weighted by Gasteiger charge is -2.54. The molecule has 4 aliphatic carbocycles. The van der Waals surface area contributed by atoms with Gasteiger partial charge in [0, 0.05) is 10.5 Å². The third kappa shape index (κ3) is 2.90. The minimum Gasteiger partial charge on any atom is -0.484 e. The Morgan fingerprint density at radius 3 is 2.23 bits per heavy atom. The summed E-state index contributed by atoms with van der Waals surface area (Å²) in [5, 5.41) is 3.27. The van der Waals surface area contributed by atoms with Gasteiger partial charge in [0.1, 0.15) is 5.75 Å². The minimum atomic E-state index is 0.0281. The molecule has 1 aromatic rings. The van der Waals surface area contributed by atoms with Crippen molar-refractivity contribution in [1.29, 1.82) is 0 Å². The Kier molecular flexibility index (Phi) is 3.89. The summed E-state index contributed by atoms with van der Waals surface area (Å²) in [5.41, 5.74) is 0. The van der Waals surface area contributed by atoms with Crippen molar-refractivity contribution in [2.24, 2.45) is 23.7 Å². The van der Waals surface area contributed by atoms with Gasteiger partial charge < -0.3 is 10.1 Å². The molecular weight excluding hydrogens is 342 g/mol. The van der Waals surface area contributed by atoms with E-state index in [9.17, 15) is 4.79 Å². The van der Waals surface area contributed by atoms with Crippen LogP contribution in [-0.2, 0) is 4.79 Å². The molecule has 0 spiro atoms. The van der Waals surface area contributed by atoms with Crippen LogP contribution in [0.2, 0.25) is 0 Å². The molecule has 4 heteroatoms. The number of amides is 1. The Bertz CT molecular complexity index is 529. The van der Waals surface area contributed by atoms with Crippen LogP contribution >= 0.6 is 15.9 Å². The van der Waals surface area contributed by atoms with Crippen molar-refractivity contribution in [2.45, 2.75) is 38.1 Å². The molecule has 0 heterocycles. The van der Waals surface area contributed by atoms with Crippen molar-refractivity contribution in [3.63, 3.8) is 0 Å². The summed E-state index contributed by atoms with van der Waals surface area (Å²) in [7, 11) is 0. The van der Waals surface area contributed by atoms with Gasteiger partial charge in [0.25, 0.3) is 5.91 Å². The predicted octanol–water partition coefficient (Wildman–Crippen LogP) is 3.77. The Labute approximate surface area is 139 Å². The summed E-state index contributed by atoms with van der Waals surface area (Å²) in [6.07, 6.45) is 6.74. The van der Waals surface area contributed by atoms with E-state index in [0.717, 1.165) is 22.1 Å². The molecule has 1 N–H and O–H groups in total. The van der Waals surface area contributed by atoms with E-state index in [1.54, 1.807) is 0 Å². The maximum atomic E-state index is 12.2. The number of hydrogen-bond donors (Lipinski definition) is 1. The van der Waals surface area contributed by atoms with Crippen molar-refractivity contribution in [3.05, 3.63) is 28.7 Å². The Hall–Kier alpha value is -1.03. The second kappa shape index (κ2) is 5.88. The second-order valence-corrected chi connectivity index (χ2v) is 8.18. The van der Waals surface area contributed by atoms with Gasteiger partial charge in [0.05, 0.1) is 0 Å². The molecule has 4 aliphatic rings. The first kappa shape index (κ1) is 14.6. The van der Waals surface area contributed by atoms with E-state index in [2.05, 4.69) is 21.2 Å². The number of benzene rings is 1. The molecule has 3 nitrogen and oxygen atoms in total. The first-order chi connectivity index (χ1) is 10.7. The monoisotopic (exact) mass is 363 g/mol. The van der Waals surface area contributed by atoms with E-state index in [-0.39, 0.29) is 12.5 Å². The standard InChI is InChI=1S/C18H22BrNO2/c19-15-1-3-16(4-2-15)22-10-17(21)20-18-13-6-11-5-12(8-13)9-14(18)7-11/h1-4,11-14,18H,5-10H2,(H,20,21). The average Bonchev–Trinajstić information content (AvgIpc) is 2.50. The maximum absolute atomic E-state index is 12.2. The quantitative estimate of drug-likeness (QED) is 0.883. The van der Waals surface area contributed by atoms with Crippen LogP contribution in [0.1, 0.15) is 32.1 Å². The fourth-order valence-electron chi connectivity index (χ4n) is 5.07. The first-order valence-electron chi connectivity index (χ1n) is 8.35. The summed E-state index contributed by atoms with van der Waals surface area (Å²) in [6, 6.07) is 7.99. The van der Waals surface area contributed by atoms with Gasteiger partial charge in [-0.25, -0.2) is 0 Å². The fraction of sp³-hybridized carbons (Fsp3) is 0.611. The van der Waals surface area contributed by atoms with Crippen LogP contribution < -0.4 is 10.1 Å². The maximum Gasteiger partial charge on any atom is 0.258 e. The van der Waals surface area contributed by atoms with E-state index >= 15 is 0 Å². The second-order valence-electron chi connectivity index (χ2n) is 7.27. The highest BCUT2D eigenvalue weighted by atomic mass is 79.9. The molecular formula is C18H22BrNO2. The molecule has 0 saturated heterocycles. The zero-order chi connectivity index (χ0) is 15.1. The van der Waals surface area contributed by atoms with Crippen LogP contribution in [-0.4, -0.2) is 18.6 Å². The van der Waals surface area contributed by atoms with Crippen LogP contribution in [0, 0.1) is 23.7 Å². The molecule has 0 aromatic heterocycles. The SMILES string of the molecule is O=C(COc1ccc(Br)cc1)NC1C2CC3CC(C2)CC1C3. The van der Waals surface area contributed by atoms with Gasteiger partial charge >= 0.3 is 0 Å². The van der Waals surface area contributed by atoms with Gasteiger partial charge in [-0.05, 0) is 80.0 Å². The van der Waals surface area contributed by atoms with E-state index in [1.165, 1.54) is 32.1 Å². The van der Waals surface area contributed by atoms with Gasteiger partial charge in [-0.3, -0.25) is 4.79 Å². The Morgan fingerprint density at radius 1 is 1.05 bits per heavy atom. The summed E-state index contributed by atoms with van der Waals surface area (Å²) >= 11 is 3.39. The number of halogens is 1. The van der Waals surface area contributed by atoms with E-state index < -0.39 is 0 Å². The number of hydrogen-bond acceptors (Lipinski definition) is 2. The Balaban J connectivity index is 1.31. The van der Waals surface area contributed by atoms with Crippen LogP contribution in [0.3, 0.4) is 0 Å². The summed E-state index contributed by atoms with van der Waals surface area (Å²) in [5.74, 6) is 4.08. The van der Waals surface area contributed by atoms with Crippen molar-refractivity contribution < 1.29 is 9.53 Å². The highest BCUT2D eigenvalue weighted by Crippen LogP contribution is 2.53. The molecule has 22 heavy (non-hydrogen) atoms. The van der Waals surface area contributed by atoms with Gasteiger partial charge in [-0.15, -0.1) is 0 Å². The third-order valence-electron chi connectivity index (χ3n) is 5.74. The largest absolute Gasteiger partial charge is 0.484 e. The predicted molar refractivity (Wildman–Crippen MR) is 88.6 cm³/mol. The van der Waals surface area contributed by atoms with E-state index in [4.69, 9.17) is 4.74 Å².